The first-order chi connectivity index (χ1) is 22.7. The van der Waals surface area contributed by atoms with E-state index in [1.54, 1.807) is 18.2 Å². The van der Waals surface area contributed by atoms with Gasteiger partial charge >= 0.3 is 5.97 Å². The molecule has 3 aliphatic heterocycles. The van der Waals surface area contributed by atoms with Crippen molar-refractivity contribution in [3.8, 4) is 5.75 Å². The van der Waals surface area contributed by atoms with E-state index in [-0.39, 0.29) is 34.9 Å². The molecule has 2 aliphatic carbocycles. The Bertz CT molecular complexity index is 1680. The molecule has 47 heavy (non-hydrogen) atoms. The number of esters is 1. The van der Waals surface area contributed by atoms with Crippen LogP contribution in [0.1, 0.15) is 79.8 Å². The third kappa shape index (κ3) is 6.41. The van der Waals surface area contributed by atoms with Gasteiger partial charge in [0.2, 0.25) is 10.0 Å². The molecule has 1 saturated heterocycles. The minimum absolute atomic E-state index is 0.172. The standard InChI is InChI=1S/C36H43ClN2O7S/c1-2-27-7-3-4-8-31(46-33-15-17-44-35(33)41)28-12-9-25(28)20-39-21-36(16-5-6-23-18-26(37)11-13-29(23)36)22-45-32-14-10-24(19-30(32)39)34(40)38-47(27,42)43/h4,8,10-11,13-14,18-19,25,27-28,31,33H,2-3,5-7,9,12,15-17,20-22H2,1H3,(H,38,40)/b8-4+/t25-,27+,28+,31-,33+,36-/m0/s1. The van der Waals surface area contributed by atoms with Gasteiger partial charge < -0.3 is 19.1 Å². The Morgan fingerprint density at radius 1 is 1.09 bits per heavy atom. The molecule has 2 aromatic carbocycles. The molecular formula is C36H43ClN2O7S. The predicted molar refractivity (Wildman–Crippen MR) is 180 cm³/mol. The zero-order valence-electron chi connectivity index (χ0n) is 26.8. The molecular weight excluding hydrogens is 640 g/mol. The molecule has 1 N–H and O–H groups in total. The first-order valence-electron chi connectivity index (χ1n) is 17.0. The van der Waals surface area contributed by atoms with E-state index in [1.165, 1.54) is 11.1 Å². The lowest BCUT2D eigenvalue weighted by atomic mass is 9.68. The quantitative estimate of drug-likeness (QED) is 0.323. The van der Waals surface area contributed by atoms with Crippen LogP contribution in [0.2, 0.25) is 5.02 Å². The molecule has 1 saturated carbocycles. The summed E-state index contributed by atoms with van der Waals surface area (Å²) < 4.78 is 47.4. The van der Waals surface area contributed by atoms with E-state index >= 15 is 0 Å². The number of rotatable bonds is 3. The Morgan fingerprint density at radius 2 is 1.96 bits per heavy atom. The molecule has 6 atom stereocenters. The molecule has 7 rings (SSSR count). The summed E-state index contributed by atoms with van der Waals surface area (Å²) in [5.41, 5.74) is 3.26. The second-order valence-electron chi connectivity index (χ2n) is 13.8. The molecule has 11 heteroatoms. The van der Waals surface area contributed by atoms with E-state index in [2.05, 4.69) is 21.8 Å². The Morgan fingerprint density at radius 3 is 2.72 bits per heavy atom. The first-order valence-corrected chi connectivity index (χ1v) is 18.9. The largest absolute Gasteiger partial charge is 0.490 e. The third-order valence-corrected chi connectivity index (χ3v) is 13.1. The number of cyclic esters (lactones) is 1. The number of sulfonamides is 1. The van der Waals surface area contributed by atoms with Gasteiger partial charge in [0.25, 0.3) is 5.91 Å². The van der Waals surface area contributed by atoms with Crippen LogP contribution in [0.15, 0.2) is 48.6 Å². The predicted octanol–water partition coefficient (Wildman–Crippen LogP) is 5.73. The van der Waals surface area contributed by atoms with Crippen molar-refractivity contribution in [3.63, 3.8) is 0 Å². The van der Waals surface area contributed by atoms with Crippen molar-refractivity contribution in [2.24, 2.45) is 11.8 Å². The van der Waals surface area contributed by atoms with Gasteiger partial charge in [-0.05, 0) is 105 Å². The Kier molecular flexibility index (Phi) is 9.04. The van der Waals surface area contributed by atoms with Gasteiger partial charge in [0.1, 0.15) is 5.75 Å². The van der Waals surface area contributed by atoms with E-state index in [4.69, 9.17) is 25.8 Å². The van der Waals surface area contributed by atoms with Crippen molar-refractivity contribution >= 4 is 39.2 Å². The van der Waals surface area contributed by atoms with E-state index < -0.39 is 27.3 Å². The molecule has 9 nitrogen and oxygen atoms in total. The molecule has 1 amide bonds. The van der Waals surface area contributed by atoms with E-state index in [0.29, 0.717) is 57.7 Å². The number of hydrogen-bond acceptors (Lipinski definition) is 8. The van der Waals surface area contributed by atoms with E-state index in [0.717, 1.165) is 42.8 Å². The Labute approximate surface area is 282 Å². The summed E-state index contributed by atoms with van der Waals surface area (Å²) in [5, 5.41) is -0.00728. The number of nitrogens with zero attached hydrogens (tertiary/aromatic N) is 1. The van der Waals surface area contributed by atoms with Gasteiger partial charge in [-0.2, -0.15) is 0 Å². The van der Waals surface area contributed by atoms with Gasteiger partial charge in [0.15, 0.2) is 6.10 Å². The van der Waals surface area contributed by atoms with Gasteiger partial charge in [-0.1, -0.05) is 36.7 Å². The third-order valence-electron chi connectivity index (χ3n) is 11.0. The minimum Gasteiger partial charge on any atom is -0.490 e. The van der Waals surface area contributed by atoms with Crippen LogP contribution in [-0.2, 0) is 36.1 Å². The van der Waals surface area contributed by atoms with Crippen LogP contribution in [0.3, 0.4) is 0 Å². The van der Waals surface area contributed by atoms with Crippen LogP contribution in [0.25, 0.3) is 0 Å². The molecule has 252 valence electrons. The number of benzene rings is 2. The number of nitrogens with one attached hydrogen (secondary N) is 1. The van der Waals surface area contributed by atoms with Gasteiger partial charge in [0, 0.05) is 35.5 Å². The number of hydrogen-bond donors (Lipinski definition) is 1. The summed E-state index contributed by atoms with van der Waals surface area (Å²) in [4.78, 5) is 28.3. The number of aryl methyl sites for hydroxylation is 1. The first kappa shape index (κ1) is 32.5. The highest BCUT2D eigenvalue weighted by molar-refractivity contribution is 7.90. The maximum Gasteiger partial charge on any atom is 0.335 e. The minimum atomic E-state index is -3.93. The maximum atomic E-state index is 13.5. The van der Waals surface area contributed by atoms with Crippen LogP contribution in [0.4, 0.5) is 5.69 Å². The maximum absolute atomic E-state index is 13.5. The average molecular weight is 683 g/mol. The van der Waals surface area contributed by atoms with Crippen LogP contribution >= 0.6 is 11.6 Å². The molecule has 0 aromatic heterocycles. The highest BCUT2D eigenvalue weighted by Gasteiger charge is 2.45. The lowest BCUT2D eigenvalue weighted by molar-refractivity contribution is -0.152. The van der Waals surface area contributed by atoms with Crippen LogP contribution in [0.5, 0.6) is 5.75 Å². The van der Waals surface area contributed by atoms with Crippen LogP contribution in [-0.4, -0.2) is 64.1 Å². The SMILES string of the molecule is CC[C@@H]1CC/C=C/[C@H](O[C@@H]2CCOC2=O)[C@@H]2CC[C@H]2CN2C[C@@]3(CCCc4cc(Cl)ccc43)COc3ccc(cc32)C(=O)NS1(=O)=O. The van der Waals surface area contributed by atoms with Crippen molar-refractivity contribution in [2.45, 2.75) is 87.6 Å². The number of ether oxygens (including phenoxy) is 3. The molecule has 2 fully saturated rings. The van der Waals surface area contributed by atoms with E-state index in [9.17, 15) is 18.0 Å². The normalized spacial score (nSPS) is 32.6. The molecule has 1 spiro atoms. The number of fused-ring (bicyclic) bond motifs is 4. The summed E-state index contributed by atoms with van der Waals surface area (Å²) >= 11 is 6.43. The second-order valence-corrected chi connectivity index (χ2v) is 16.2. The highest BCUT2D eigenvalue weighted by Crippen LogP contribution is 2.47. The Hall–Kier alpha value is -3.08. The molecule has 0 radical (unpaired) electrons. The van der Waals surface area contributed by atoms with Crippen molar-refractivity contribution < 1.29 is 32.2 Å². The van der Waals surface area contributed by atoms with Gasteiger partial charge in [-0.3, -0.25) is 4.79 Å². The zero-order chi connectivity index (χ0) is 32.8. The summed E-state index contributed by atoms with van der Waals surface area (Å²) in [7, 11) is -3.93. The van der Waals surface area contributed by atoms with Crippen LogP contribution < -0.4 is 14.4 Å². The fourth-order valence-corrected chi connectivity index (χ4v) is 9.86. The number of carbonyl (C=O) groups excluding carboxylic acids is 2. The van der Waals surface area contributed by atoms with Crippen molar-refractivity contribution in [2.75, 3.05) is 31.2 Å². The molecule has 5 aliphatic rings. The monoisotopic (exact) mass is 682 g/mol. The second kappa shape index (κ2) is 13.1. The summed E-state index contributed by atoms with van der Waals surface area (Å²) in [6.45, 7) is 4.04. The summed E-state index contributed by atoms with van der Waals surface area (Å²) in [6, 6.07) is 11.4. The van der Waals surface area contributed by atoms with Crippen molar-refractivity contribution in [1.82, 2.24) is 4.72 Å². The number of allylic oxidation sites excluding steroid dienone is 1. The zero-order valence-corrected chi connectivity index (χ0v) is 28.4. The fourth-order valence-electron chi connectivity index (χ4n) is 8.23. The van der Waals surface area contributed by atoms with E-state index in [1.807, 2.05) is 25.1 Å². The van der Waals surface area contributed by atoms with Gasteiger partial charge in [-0.15, -0.1) is 0 Å². The highest BCUT2D eigenvalue weighted by atomic mass is 35.5. The lowest BCUT2D eigenvalue weighted by Gasteiger charge is -2.46. The Balaban J connectivity index is 1.29. The lowest BCUT2D eigenvalue weighted by Crippen LogP contribution is -2.50. The number of halogens is 1. The molecule has 2 bridgehead atoms. The number of amides is 1. The fraction of sp³-hybridized carbons (Fsp3) is 0.556. The van der Waals surface area contributed by atoms with Gasteiger partial charge in [0.05, 0.1) is 30.3 Å². The number of anilines is 1. The average Bonchev–Trinajstić information content (AvgIpc) is 3.36. The summed E-state index contributed by atoms with van der Waals surface area (Å²) in [5.74, 6) is 0.160. The van der Waals surface area contributed by atoms with Crippen molar-refractivity contribution in [3.05, 3.63) is 70.3 Å². The molecule has 2 aromatic rings. The summed E-state index contributed by atoms with van der Waals surface area (Å²) in [6.07, 6.45) is 9.76. The molecule has 0 unspecified atom stereocenters. The van der Waals surface area contributed by atoms with Crippen LogP contribution in [0, 0.1) is 11.8 Å². The van der Waals surface area contributed by atoms with Crippen molar-refractivity contribution in [1.29, 1.82) is 0 Å². The smallest absolute Gasteiger partial charge is 0.335 e. The number of carbonyl (C=O) groups is 2. The topological polar surface area (TPSA) is 111 Å². The molecule has 3 heterocycles. The van der Waals surface area contributed by atoms with Gasteiger partial charge in [-0.25, -0.2) is 17.9 Å².